The molecule has 2 rings (SSSR count). The van der Waals surface area contributed by atoms with Gasteiger partial charge in [-0.05, 0) is 30.7 Å². The van der Waals surface area contributed by atoms with E-state index in [1.54, 1.807) is 7.11 Å². The van der Waals surface area contributed by atoms with Crippen LogP contribution in [0.4, 0.5) is 0 Å². The van der Waals surface area contributed by atoms with Crippen molar-refractivity contribution in [2.24, 2.45) is 5.16 Å². The van der Waals surface area contributed by atoms with Crippen LogP contribution in [0.3, 0.4) is 0 Å². The Hall–Kier alpha value is -1.81. The van der Waals surface area contributed by atoms with E-state index in [4.69, 9.17) is 9.57 Å². The summed E-state index contributed by atoms with van der Waals surface area (Å²) < 4.78 is 5.79. The van der Waals surface area contributed by atoms with Gasteiger partial charge in [-0.25, -0.2) is 0 Å². The highest BCUT2D eigenvalue weighted by Gasteiger charge is 2.06. The minimum atomic E-state index is 0.366. The zero-order chi connectivity index (χ0) is 15.1. The summed E-state index contributed by atoms with van der Waals surface area (Å²) >= 11 is 3.43. The lowest BCUT2D eigenvalue weighted by Crippen LogP contribution is -2.13. The molecule has 0 aliphatic heterocycles. The van der Waals surface area contributed by atoms with Crippen molar-refractivity contribution in [3.63, 3.8) is 0 Å². The van der Waals surface area contributed by atoms with Gasteiger partial charge in [-0.1, -0.05) is 57.0 Å². The monoisotopic (exact) mass is 347 g/mol. The van der Waals surface area contributed by atoms with Crippen molar-refractivity contribution < 1.29 is 9.57 Å². The Bertz CT molecular complexity index is 608. The second kappa shape index (κ2) is 7.84. The van der Waals surface area contributed by atoms with Crippen LogP contribution in [0.1, 0.15) is 16.7 Å². The fourth-order valence-electron chi connectivity index (χ4n) is 1.92. The summed E-state index contributed by atoms with van der Waals surface area (Å²) in [4.78, 5) is 4.92. The average Bonchev–Trinajstić information content (AvgIpc) is 2.52. The zero-order valence-electron chi connectivity index (χ0n) is 12.2. The Balaban J connectivity index is 2.08. The summed E-state index contributed by atoms with van der Waals surface area (Å²) in [6.07, 6.45) is 0. The van der Waals surface area contributed by atoms with E-state index in [1.165, 1.54) is 11.1 Å². The van der Waals surface area contributed by atoms with Crippen LogP contribution in [0.2, 0.25) is 0 Å². The van der Waals surface area contributed by atoms with E-state index in [0.717, 1.165) is 22.4 Å². The van der Waals surface area contributed by atoms with Crippen molar-refractivity contribution in [3.8, 4) is 5.75 Å². The molecule has 110 valence electrons. The van der Waals surface area contributed by atoms with E-state index < -0.39 is 0 Å². The molecule has 0 unspecified atom stereocenters. The summed E-state index contributed by atoms with van der Waals surface area (Å²) in [5.41, 5.74) is 4.17. The standard InChI is InChI=1S/C17H18BrNO2/c1-13-4-3-5-15(10-13)17(19-20-2)12-21-16-8-6-14(11-18)7-9-16/h3-10H,11-12H2,1-2H3. The summed E-state index contributed by atoms with van der Waals surface area (Å²) in [5.74, 6) is 0.816. The number of ether oxygens (including phenoxy) is 1. The van der Waals surface area contributed by atoms with Gasteiger partial charge in [-0.15, -0.1) is 0 Å². The van der Waals surface area contributed by atoms with E-state index in [0.29, 0.717) is 6.61 Å². The first-order valence-corrected chi connectivity index (χ1v) is 7.80. The quantitative estimate of drug-likeness (QED) is 0.442. The maximum atomic E-state index is 5.79. The highest BCUT2D eigenvalue weighted by Crippen LogP contribution is 2.15. The smallest absolute Gasteiger partial charge is 0.134 e. The number of hydrogen-bond acceptors (Lipinski definition) is 3. The van der Waals surface area contributed by atoms with Crippen LogP contribution in [0.25, 0.3) is 0 Å². The molecule has 0 atom stereocenters. The van der Waals surface area contributed by atoms with Crippen LogP contribution in [0.5, 0.6) is 5.75 Å². The molecule has 0 saturated carbocycles. The normalized spacial score (nSPS) is 11.3. The van der Waals surface area contributed by atoms with E-state index in [-0.39, 0.29) is 0 Å². The first-order valence-electron chi connectivity index (χ1n) is 6.67. The van der Waals surface area contributed by atoms with Crippen molar-refractivity contribution in [1.29, 1.82) is 0 Å². The Morgan fingerprint density at radius 1 is 1.14 bits per heavy atom. The van der Waals surface area contributed by atoms with Crippen molar-refractivity contribution >= 4 is 21.6 Å². The third kappa shape index (κ3) is 4.60. The molecular formula is C17H18BrNO2. The zero-order valence-corrected chi connectivity index (χ0v) is 13.8. The van der Waals surface area contributed by atoms with E-state index in [1.807, 2.05) is 49.4 Å². The minimum absolute atomic E-state index is 0.366. The van der Waals surface area contributed by atoms with Crippen LogP contribution < -0.4 is 4.74 Å². The van der Waals surface area contributed by atoms with E-state index in [2.05, 4.69) is 27.2 Å². The fourth-order valence-corrected chi connectivity index (χ4v) is 2.30. The third-order valence-electron chi connectivity index (χ3n) is 3.01. The topological polar surface area (TPSA) is 30.8 Å². The number of aryl methyl sites for hydroxylation is 1. The molecule has 0 aromatic heterocycles. The maximum Gasteiger partial charge on any atom is 0.134 e. The Morgan fingerprint density at radius 3 is 2.52 bits per heavy atom. The second-order valence-corrected chi connectivity index (χ2v) is 5.22. The van der Waals surface area contributed by atoms with Gasteiger partial charge >= 0.3 is 0 Å². The lowest BCUT2D eigenvalue weighted by Gasteiger charge is -2.09. The third-order valence-corrected chi connectivity index (χ3v) is 3.65. The number of hydrogen-bond donors (Lipinski definition) is 0. The number of rotatable bonds is 6. The molecule has 0 heterocycles. The molecule has 3 nitrogen and oxygen atoms in total. The molecule has 2 aromatic carbocycles. The van der Waals surface area contributed by atoms with Crippen molar-refractivity contribution in [2.75, 3.05) is 13.7 Å². The molecule has 2 aromatic rings. The molecule has 4 heteroatoms. The average molecular weight is 348 g/mol. The van der Waals surface area contributed by atoms with Crippen molar-refractivity contribution in [1.82, 2.24) is 0 Å². The van der Waals surface area contributed by atoms with E-state index in [9.17, 15) is 0 Å². The Kier molecular flexibility index (Phi) is 5.81. The molecule has 0 N–H and O–H groups in total. The summed E-state index contributed by atoms with van der Waals surface area (Å²) in [5, 5.41) is 4.91. The Morgan fingerprint density at radius 2 is 1.90 bits per heavy atom. The van der Waals surface area contributed by atoms with Gasteiger partial charge in [-0.3, -0.25) is 0 Å². The van der Waals surface area contributed by atoms with Crippen molar-refractivity contribution in [3.05, 3.63) is 65.2 Å². The first-order chi connectivity index (χ1) is 10.2. The van der Waals surface area contributed by atoms with Gasteiger partial charge in [-0.2, -0.15) is 0 Å². The highest BCUT2D eigenvalue weighted by molar-refractivity contribution is 9.08. The van der Waals surface area contributed by atoms with Gasteiger partial charge in [0.05, 0.1) is 0 Å². The predicted molar refractivity (Wildman–Crippen MR) is 89.3 cm³/mol. The highest BCUT2D eigenvalue weighted by atomic mass is 79.9. The second-order valence-electron chi connectivity index (χ2n) is 4.66. The van der Waals surface area contributed by atoms with Crippen LogP contribution in [0, 0.1) is 6.92 Å². The SMILES string of the molecule is CON=C(COc1ccc(CBr)cc1)c1cccc(C)c1. The summed E-state index contributed by atoms with van der Waals surface area (Å²) in [7, 11) is 1.54. The first kappa shape index (κ1) is 15.6. The molecule has 0 aliphatic carbocycles. The van der Waals surface area contributed by atoms with Crippen LogP contribution in [-0.2, 0) is 10.2 Å². The lowest BCUT2D eigenvalue weighted by atomic mass is 10.1. The number of oxime groups is 1. The largest absolute Gasteiger partial charge is 0.487 e. The number of benzene rings is 2. The molecular weight excluding hydrogens is 330 g/mol. The maximum absolute atomic E-state index is 5.79. The molecule has 0 saturated heterocycles. The van der Waals surface area contributed by atoms with Crippen LogP contribution >= 0.6 is 15.9 Å². The molecule has 21 heavy (non-hydrogen) atoms. The summed E-state index contributed by atoms with van der Waals surface area (Å²) in [6.45, 7) is 2.42. The van der Waals surface area contributed by atoms with Crippen LogP contribution in [0.15, 0.2) is 53.7 Å². The fraction of sp³-hybridized carbons (Fsp3) is 0.235. The van der Waals surface area contributed by atoms with Gasteiger partial charge < -0.3 is 9.57 Å². The molecule has 0 amide bonds. The molecule has 0 bridgehead atoms. The van der Waals surface area contributed by atoms with Gasteiger partial charge in [0.25, 0.3) is 0 Å². The van der Waals surface area contributed by atoms with Crippen LogP contribution in [-0.4, -0.2) is 19.4 Å². The van der Waals surface area contributed by atoms with E-state index >= 15 is 0 Å². The summed E-state index contributed by atoms with van der Waals surface area (Å²) in [6, 6.07) is 16.1. The number of nitrogens with zero attached hydrogens (tertiary/aromatic N) is 1. The van der Waals surface area contributed by atoms with Gasteiger partial charge in [0.2, 0.25) is 0 Å². The minimum Gasteiger partial charge on any atom is -0.487 e. The van der Waals surface area contributed by atoms with Gasteiger partial charge in [0.15, 0.2) is 0 Å². The van der Waals surface area contributed by atoms with Crippen molar-refractivity contribution in [2.45, 2.75) is 12.3 Å². The molecule has 0 spiro atoms. The molecule has 0 radical (unpaired) electrons. The lowest BCUT2D eigenvalue weighted by molar-refractivity contribution is 0.210. The van der Waals surface area contributed by atoms with Gasteiger partial charge in [0, 0.05) is 10.9 Å². The number of alkyl halides is 1. The molecule has 0 aliphatic rings. The van der Waals surface area contributed by atoms with Gasteiger partial charge in [0.1, 0.15) is 25.2 Å². The number of halogens is 1. The molecule has 0 fully saturated rings. The Labute approximate surface area is 133 Å². The predicted octanol–water partition coefficient (Wildman–Crippen LogP) is 4.32.